The Morgan fingerprint density at radius 3 is 2.69 bits per heavy atom. The Bertz CT molecular complexity index is 275. The molecule has 0 radical (unpaired) electrons. The van der Waals surface area contributed by atoms with Crippen molar-refractivity contribution in [2.75, 3.05) is 14.1 Å². The van der Waals surface area contributed by atoms with Gasteiger partial charge >= 0.3 is 0 Å². The molecule has 0 bridgehead atoms. The summed E-state index contributed by atoms with van der Waals surface area (Å²) in [4.78, 5) is 27.3. The van der Waals surface area contributed by atoms with Crippen LogP contribution in [0.25, 0.3) is 0 Å². The minimum absolute atomic E-state index is 0.0873. The third kappa shape index (κ3) is 2.45. The zero-order valence-corrected chi connectivity index (χ0v) is 8.30. The highest BCUT2D eigenvalue weighted by Crippen LogP contribution is 2.22. The molecule has 2 N–H and O–H groups in total. The maximum Gasteiger partial charge on any atom is 0.262 e. The van der Waals surface area contributed by atoms with Gasteiger partial charge < -0.3 is 10.6 Å². The van der Waals surface area contributed by atoms with Crippen molar-refractivity contribution in [1.82, 2.24) is 4.90 Å². The number of amidine groups is 1. The fourth-order valence-corrected chi connectivity index (χ4v) is 1.69. The number of aliphatic imine (C=N–C) groups is 1. The minimum Gasteiger partial charge on any atom is -0.378 e. The second-order valence-electron chi connectivity index (χ2n) is 2.89. The highest BCUT2D eigenvalue weighted by atomic mass is 32.2. The predicted molar refractivity (Wildman–Crippen MR) is 51.3 cm³/mol. The quantitative estimate of drug-likeness (QED) is 0.648. The summed E-state index contributed by atoms with van der Waals surface area (Å²) in [6, 6.07) is 0. The van der Waals surface area contributed by atoms with Crippen molar-refractivity contribution in [3.8, 4) is 0 Å². The lowest BCUT2D eigenvalue weighted by molar-refractivity contribution is -0.130. The highest BCUT2D eigenvalue weighted by molar-refractivity contribution is 8.15. The van der Waals surface area contributed by atoms with Crippen LogP contribution in [0.3, 0.4) is 0 Å². The smallest absolute Gasteiger partial charge is 0.262 e. The standard InChI is InChI=1S/C7H11N3O2S/c1-10(2)5(11)3-4-6(12)9-7(8)13-4/h4H,3H2,1-2H3,(H2,8,9,12). The molecule has 5 nitrogen and oxygen atoms in total. The highest BCUT2D eigenvalue weighted by Gasteiger charge is 2.29. The fraction of sp³-hybridized carbons (Fsp3) is 0.571. The first-order chi connectivity index (χ1) is 6.00. The summed E-state index contributed by atoms with van der Waals surface area (Å²) >= 11 is 1.15. The number of hydrogen-bond acceptors (Lipinski definition) is 4. The van der Waals surface area contributed by atoms with Gasteiger partial charge in [0.05, 0.1) is 0 Å². The molecule has 0 saturated carbocycles. The van der Waals surface area contributed by atoms with E-state index in [4.69, 9.17) is 5.73 Å². The van der Waals surface area contributed by atoms with E-state index < -0.39 is 5.25 Å². The van der Waals surface area contributed by atoms with Gasteiger partial charge in [0.1, 0.15) is 5.25 Å². The molecule has 1 atom stereocenters. The molecule has 1 aliphatic heterocycles. The SMILES string of the molecule is CN(C)C(=O)CC1SC(N)=NC1=O. The van der Waals surface area contributed by atoms with E-state index in [0.29, 0.717) is 0 Å². The van der Waals surface area contributed by atoms with E-state index in [0.717, 1.165) is 11.8 Å². The van der Waals surface area contributed by atoms with E-state index in [2.05, 4.69) is 4.99 Å². The van der Waals surface area contributed by atoms with Crippen LogP contribution >= 0.6 is 11.8 Å². The van der Waals surface area contributed by atoms with Crippen molar-refractivity contribution in [1.29, 1.82) is 0 Å². The second kappa shape index (κ2) is 3.78. The van der Waals surface area contributed by atoms with E-state index in [9.17, 15) is 9.59 Å². The molecule has 6 heteroatoms. The number of rotatable bonds is 2. The zero-order chi connectivity index (χ0) is 10.0. The number of carbonyl (C=O) groups excluding carboxylic acids is 2. The average molecular weight is 201 g/mol. The fourth-order valence-electron chi connectivity index (χ4n) is 0.873. The van der Waals surface area contributed by atoms with Gasteiger partial charge in [-0.25, -0.2) is 0 Å². The van der Waals surface area contributed by atoms with Crippen molar-refractivity contribution < 1.29 is 9.59 Å². The van der Waals surface area contributed by atoms with Gasteiger partial charge in [0.25, 0.3) is 5.91 Å². The summed E-state index contributed by atoms with van der Waals surface area (Å²) in [6.45, 7) is 0. The lowest BCUT2D eigenvalue weighted by atomic mass is 10.2. The summed E-state index contributed by atoms with van der Waals surface area (Å²) in [6.07, 6.45) is 0.167. The van der Waals surface area contributed by atoms with Gasteiger partial charge in [0, 0.05) is 20.5 Å². The summed E-state index contributed by atoms with van der Waals surface area (Å²) in [5, 5.41) is -0.170. The Balaban J connectivity index is 2.49. The molecule has 0 fully saturated rings. The Hall–Kier alpha value is -1.04. The van der Waals surface area contributed by atoms with Gasteiger partial charge in [-0.2, -0.15) is 4.99 Å². The van der Waals surface area contributed by atoms with E-state index in [1.165, 1.54) is 4.90 Å². The van der Waals surface area contributed by atoms with Crippen molar-refractivity contribution in [2.45, 2.75) is 11.7 Å². The molecule has 0 aromatic heterocycles. The Morgan fingerprint density at radius 2 is 2.31 bits per heavy atom. The third-order valence-corrected chi connectivity index (χ3v) is 2.60. The van der Waals surface area contributed by atoms with Crippen molar-refractivity contribution >= 4 is 28.7 Å². The van der Waals surface area contributed by atoms with Gasteiger partial charge in [-0.1, -0.05) is 11.8 Å². The molecule has 1 unspecified atom stereocenters. The first-order valence-corrected chi connectivity index (χ1v) is 4.63. The molecule has 0 saturated heterocycles. The number of hydrogen-bond donors (Lipinski definition) is 1. The largest absolute Gasteiger partial charge is 0.378 e. The number of nitrogens with two attached hydrogens (primary N) is 1. The Morgan fingerprint density at radius 1 is 1.69 bits per heavy atom. The molecule has 13 heavy (non-hydrogen) atoms. The first-order valence-electron chi connectivity index (χ1n) is 3.75. The van der Waals surface area contributed by atoms with E-state index in [1.54, 1.807) is 14.1 Å². The molecular formula is C7H11N3O2S. The van der Waals surface area contributed by atoms with Crippen molar-refractivity contribution in [2.24, 2.45) is 10.7 Å². The molecule has 0 aromatic carbocycles. The molecule has 0 aromatic rings. The minimum atomic E-state index is -0.421. The lowest BCUT2D eigenvalue weighted by Crippen LogP contribution is -2.27. The van der Waals surface area contributed by atoms with Crippen molar-refractivity contribution in [3.63, 3.8) is 0 Å². The van der Waals surface area contributed by atoms with Gasteiger partial charge in [0.2, 0.25) is 5.91 Å². The van der Waals surface area contributed by atoms with Crippen molar-refractivity contribution in [3.05, 3.63) is 0 Å². The van der Waals surface area contributed by atoms with E-state index in [-0.39, 0.29) is 23.4 Å². The van der Waals surface area contributed by atoms with Crippen LogP contribution in [0.2, 0.25) is 0 Å². The summed E-state index contributed by atoms with van der Waals surface area (Å²) in [7, 11) is 3.30. The van der Waals surface area contributed by atoms with Crippen LogP contribution in [0.1, 0.15) is 6.42 Å². The van der Waals surface area contributed by atoms with Crippen LogP contribution in [0, 0.1) is 0 Å². The van der Waals surface area contributed by atoms with Gasteiger partial charge in [-0.05, 0) is 0 Å². The van der Waals surface area contributed by atoms with Crippen LogP contribution in [0.15, 0.2) is 4.99 Å². The molecule has 1 aliphatic rings. The van der Waals surface area contributed by atoms with Crippen LogP contribution in [0.4, 0.5) is 0 Å². The van der Waals surface area contributed by atoms with Gasteiger partial charge in [-0.15, -0.1) is 0 Å². The number of amides is 2. The Labute approximate surface area is 80.4 Å². The van der Waals surface area contributed by atoms with Crippen LogP contribution < -0.4 is 5.73 Å². The average Bonchev–Trinajstić information content (AvgIpc) is 2.30. The van der Waals surface area contributed by atoms with Gasteiger partial charge in [-0.3, -0.25) is 9.59 Å². The Kier molecular flexibility index (Phi) is 2.92. The third-order valence-electron chi connectivity index (χ3n) is 1.62. The molecule has 1 rings (SSSR count). The lowest BCUT2D eigenvalue weighted by Gasteiger charge is -2.11. The normalized spacial score (nSPS) is 21.5. The summed E-state index contributed by atoms with van der Waals surface area (Å²) in [5.74, 6) is -0.395. The second-order valence-corrected chi connectivity index (χ2v) is 4.11. The summed E-state index contributed by atoms with van der Waals surface area (Å²) in [5.41, 5.74) is 5.33. The monoisotopic (exact) mass is 201 g/mol. The van der Waals surface area contributed by atoms with E-state index >= 15 is 0 Å². The topological polar surface area (TPSA) is 75.8 Å². The van der Waals surface area contributed by atoms with Crippen LogP contribution in [0.5, 0.6) is 0 Å². The molecular weight excluding hydrogens is 190 g/mol. The molecule has 0 aliphatic carbocycles. The number of nitrogens with zero attached hydrogens (tertiary/aromatic N) is 2. The predicted octanol–water partition coefficient (Wildman–Crippen LogP) is -0.579. The molecule has 1 heterocycles. The maximum absolute atomic E-state index is 11.2. The van der Waals surface area contributed by atoms with Crippen LogP contribution in [-0.4, -0.2) is 41.2 Å². The van der Waals surface area contributed by atoms with Crippen LogP contribution in [-0.2, 0) is 9.59 Å². The first kappa shape index (κ1) is 10.0. The summed E-state index contributed by atoms with van der Waals surface area (Å²) < 4.78 is 0. The van der Waals surface area contributed by atoms with Gasteiger partial charge in [0.15, 0.2) is 5.17 Å². The number of carbonyl (C=O) groups is 2. The molecule has 72 valence electrons. The van der Waals surface area contributed by atoms with E-state index in [1.807, 2.05) is 0 Å². The maximum atomic E-state index is 11.2. The molecule has 0 spiro atoms. The zero-order valence-electron chi connectivity index (χ0n) is 7.48. The molecule has 2 amide bonds. The number of thioether (sulfide) groups is 1.